The van der Waals surface area contributed by atoms with E-state index in [1.54, 1.807) is 0 Å². The first-order valence-electron chi connectivity index (χ1n) is 5.77. The minimum Gasteiger partial charge on any atom is -0.480 e. The fourth-order valence-corrected chi connectivity index (χ4v) is 1.86. The molecule has 2 rings (SSSR count). The van der Waals surface area contributed by atoms with Crippen molar-refractivity contribution in [2.24, 2.45) is 5.73 Å². The molecular weight excluding hydrogens is 287 g/mol. The Morgan fingerprint density at radius 3 is 3.00 bits per heavy atom. The van der Waals surface area contributed by atoms with Crippen molar-refractivity contribution in [3.63, 3.8) is 0 Å². The van der Waals surface area contributed by atoms with Crippen molar-refractivity contribution in [2.75, 3.05) is 0 Å². The molecule has 2 aromatic rings. The van der Waals surface area contributed by atoms with Crippen LogP contribution in [0.25, 0.3) is 0 Å². The quantitative estimate of drug-likeness (QED) is 0.861. The van der Waals surface area contributed by atoms with Gasteiger partial charge in [0.25, 0.3) is 0 Å². The smallest absolute Gasteiger partial charge is 0.320 e. The van der Waals surface area contributed by atoms with E-state index in [1.807, 2.05) is 0 Å². The molecule has 0 fully saturated rings. The second-order valence-electron chi connectivity index (χ2n) is 4.29. The highest BCUT2D eigenvalue weighted by Gasteiger charge is 2.14. The molecule has 1 unspecified atom stereocenters. The van der Waals surface area contributed by atoms with Gasteiger partial charge in [-0.3, -0.25) is 4.79 Å². The van der Waals surface area contributed by atoms with Crippen LogP contribution in [0.1, 0.15) is 11.3 Å². The monoisotopic (exact) mass is 298 g/mol. The predicted molar refractivity (Wildman–Crippen MR) is 69.8 cm³/mol. The lowest BCUT2D eigenvalue weighted by molar-refractivity contribution is -0.138. The second kappa shape index (κ2) is 5.98. The number of carboxylic acid groups (broad SMARTS) is 1. The second-order valence-corrected chi connectivity index (χ2v) is 4.73. The maximum absolute atomic E-state index is 13.6. The van der Waals surface area contributed by atoms with Gasteiger partial charge >= 0.3 is 5.97 Å². The fourth-order valence-electron chi connectivity index (χ4n) is 1.66. The van der Waals surface area contributed by atoms with E-state index < -0.39 is 17.8 Å². The van der Waals surface area contributed by atoms with Gasteiger partial charge in [-0.25, -0.2) is 9.07 Å². The standard InChI is InChI=1S/C12H12ClFN4O2/c13-8-1-2-10(14)7(3-8)5-18-6-9(16-17-18)4-11(15)12(19)20/h1-3,6,11H,4-5,15H2,(H,19,20). The number of aliphatic carboxylic acids is 1. The van der Waals surface area contributed by atoms with Crippen LogP contribution in [0.2, 0.25) is 5.02 Å². The van der Waals surface area contributed by atoms with Crippen molar-refractivity contribution in [1.82, 2.24) is 15.0 Å². The van der Waals surface area contributed by atoms with Gasteiger partial charge < -0.3 is 10.8 Å². The highest BCUT2D eigenvalue weighted by atomic mass is 35.5. The van der Waals surface area contributed by atoms with Crippen LogP contribution in [0.3, 0.4) is 0 Å². The minimum atomic E-state index is -1.11. The number of hydrogen-bond acceptors (Lipinski definition) is 4. The van der Waals surface area contributed by atoms with Crippen LogP contribution in [-0.2, 0) is 17.8 Å². The van der Waals surface area contributed by atoms with Crippen LogP contribution >= 0.6 is 11.6 Å². The first kappa shape index (κ1) is 14.4. The van der Waals surface area contributed by atoms with E-state index in [4.69, 9.17) is 22.4 Å². The zero-order valence-electron chi connectivity index (χ0n) is 10.3. The zero-order chi connectivity index (χ0) is 14.7. The summed E-state index contributed by atoms with van der Waals surface area (Å²) in [5.41, 5.74) is 6.20. The molecule has 0 saturated heterocycles. The molecule has 3 N–H and O–H groups in total. The molecule has 1 heterocycles. The van der Waals surface area contributed by atoms with E-state index in [1.165, 1.54) is 29.1 Å². The molecular formula is C12H12ClFN4O2. The van der Waals surface area contributed by atoms with Gasteiger partial charge in [0.15, 0.2) is 0 Å². The molecule has 0 saturated carbocycles. The highest BCUT2D eigenvalue weighted by molar-refractivity contribution is 6.30. The molecule has 0 radical (unpaired) electrons. The van der Waals surface area contributed by atoms with E-state index in [-0.39, 0.29) is 13.0 Å². The number of benzene rings is 1. The Labute approximate surface area is 119 Å². The number of nitrogens with zero attached hydrogens (tertiary/aromatic N) is 3. The summed E-state index contributed by atoms with van der Waals surface area (Å²) in [7, 11) is 0. The highest BCUT2D eigenvalue weighted by Crippen LogP contribution is 2.15. The lowest BCUT2D eigenvalue weighted by atomic mass is 10.2. The maximum atomic E-state index is 13.6. The normalized spacial score (nSPS) is 12.3. The lowest BCUT2D eigenvalue weighted by Gasteiger charge is -2.03. The molecule has 0 aliphatic carbocycles. The van der Waals surface area contributed by atoms with E-state index >= 15 is 0 Å². The Morgan fingerprint density at radius 2 is 2.30 bits per heavy atom. The third-order valence-corrected chi connectivity index (χ3v) is 2.91. The van der Waals surface area contributed by atoms with Crippen LogP contribution in [0.15, 0.2) is 24.4 Å². The Bertz CT molecular complexity index is 632. The summed E-state index contributed by atoms with van der Waals surface area (Å²) >= 11 is 5.80. The van der Waals surface area contributed by atoms with Gasteiger partial charge in [0.2, 0.25) is 0 Å². The molecule has 0 aliphatic rings. The average molecular weight is 299 g/mol. The van der Waals surface area contributed by atoms with Gasteiger partial charge in [-0.15, -0.1) is 5.10 Å². The molecule has 1 aromatic heterocycles. The number of nitrogens with two attached hydrogens (primary N) is 1. The van der Waals surface area contributed by atoms with Gasteiger partial charge in [-0.2, -0.15) is 0 Å². The largest absolute Gasteiger partial charge is 0.480 e. The van der Waals surface area contributed by atoms with Crippen molar-refractivity contribution in [1.29, 1.82) is 0 Å². The van der Waals surface area contributed by atoms with Gasteiger partial charge in [0, 0.05) is 23.2 Å². The number of carbonyl (C=O) groups is 1. The summed E-state index contributed by atoms with van der Waals surface area (Å²) in [5, 5.41) is 16.7. The first-order chi connectivity index (χ1) is 9.45. The number of hydrogen-bond donors (Lipinski definition) is 2. The third-order valence-electron chi connectivity index (χ3n) is 2.67. The minimum absolute atomic E-state index is 0.0629. The SMILES string of the molecule is NC(Cc1cn(Cc2cc(Cl)ccc2F)nn1)C(=O)O. The summed E-state index contributed by atoms with van der Waals surface area (Å²) in [6, 6.07) is 3.19. The van der Waals surface area contributed by atoms with Crippen LogP contribution in [0.4, 0.5) is 4.39 Å². The zero-order valence-corrected chi connectivity index (χ0v) is 11.1. The average Bonchev–Trinajstić information content (AvgIpc) is 2.81. The van der Waals surface area contributed by atoms with Gasteiger partial charge in [-0.05, 0) is 18.2 Å². The van der Waals surface area contributed by atoms with Crippen LogP contribution in [0.5, 0.6) is 0 Å². The van der Waals surface area contributed by atoms with Gasteiger partial charge in [0.05, 0.1) is 12.2 Å². The summed E-state index contributed by atoms with van der Waals surface area (Å²) in [6.45, 7) is 0.154. The van der Waals surface area contributed by atoms with E-state index in [9.17, 15) is 9.18 Å². The first-order valence-corrected chi connectivity index (χ1v) is 6.15. The molecule has 6 nitrogen and oxygen atoms in total. The number of carboxylic acids is 1. The van der Waals surface area contributed by atoms with Gasteiger partial charge in [-0.1, -0.05) is 16.8 Å². The summed E-state index contributed by atoms with van der Waals surface area (Å²) in [4.78, 5) is 10.6. The van der Waals surface area contributed by atoms with Crippen molar-refractivity contribution in [3.05, 3.63) is 46.5 Å². The van der Waals surface area contributed by atoms with E-state index in [2.05, 4.69) is 10.3 Å². The Hall–Kier alpha value is -1.99. The van der Waals surface area contributed by atoms with E-state index in [0.29, 0.717) is 16.3 Å². The third kappa shape index (κ3) is 3.52. The molecule has 0 bridgehead atoms. The summed E-state index contributed by atoms with van der Waals surface area (Å²) < 4.78 is 15.0. The Kier molecular flexibility index (Phi) is 4.31. The molecule has 8 heteroatoms. The molecule has 1 atom stereocenters. The van der Waals surface area contributed by atoms with Crippen LogP contribution in [0, 0.1) is 5.82 Å². The van der Waals surface area contributed by atoms with Crippen molar-refractivity contribution >= 4 is 17.6 Å². The van der Waals surface area contributed by atoms with Crippen molar-refractivity contribution < 1.29 is 14.3 Å². The topological polar surface area (TPSA) is 94.0 Å². The van der Waals surface area contributed by atoms with Crippen LogP contribution < -0.4 is 5.73 Å². The molecule has 106 valence electrons. The Balaban J connectivity index is 2.09. The van der Waals surface area contributed by atoms with Crippen LogP contribution in [-0.4, -0.2) is 32.1 Å². The van der Waals surface area contributed by atoms with Gasteiger partial charge in [0.1, 0.15) is 11.9 Å². The molecule has 0 amide bonds. The van der Waals surface area contributed by atoms with Crippen molar-refractivity contribution in [2.45, 2.75) is 19.0 Å². The lowest BCUT2D eigenvalue weighted by Crippen LogP contribution is -2.32. The Morgan fingerprint density at radius 1 is 1.55 bits per heavy atom. The van der Waals surface area contributed by atoms with Crippen molar-refractivity contribution in [3.8, 4) is 0 Å². The molecule has 0 spiro atoms. The van der Waals surface area contributed by atoms with E-state index in [0.717, 1.165) is 0 Å². The fraction of sp³-hybridized carbons (Fsp3) is 0.250. The maximum Gasteiger partial charge on any atom is 0.320 e. The number of rotatable bonds is 5. The molecule has 0 aliphatic heterocycles. The number of aromatic nitrogens is 3. The molecule has 20 heavy (non-hydrogen) atoms. The number of halogens is 2. The predicted octanol–water partition coefficient (Wildman–Crippen LogP) is 1.07. The summed E-state index contributed by atoms with van der Waals surface area (Å²) in [6.07, 6.45) is 1.59. The molecule has 1 aromatic carbocycles. The summed E-state index contributed by atoms with van der Waals surface area (Å²) in [5.74, 6) is -1.51.